The summed E-state index contributed by atoms with van der Waals surface area (Å²) in [6, 6.07) is 10.2. The van der Waals surface area contributed by atoms with Gasteiger partial charge in [0.05, 0.1) is 0 Å². The van der Waals surface area contributed by atoms with Gasteiger partial charge in [0, 0.05) is 33.5 Å². The second-order valence-electron chi connectivity index (χ2n) is 4.18. The predicted molar refractivity (Wildman–Crippen MR) is 84.2 cm³/mol. The first kappa shape index (κ1) is 14.7. The van der Waals surface area contributed by atoms with E-state index in [2.05, 4.69) is 55.9 Å². The zero-order chi connectivity index (χ0) is 13.7. The van der Waals surface area contributed by atoms with Crippen molar-refractivity contribution in [1.29, 1.82) is 0 Å². The van der Waals surface area contributed by atoms with Crippen LogP contribution < -0.4 is 0 Å². The van der Waals surface area contributed by atoms with Gasteiger partial charge in [-0.05, 0) is 43.8 Å². The van der Waals surface area contributed by atoms with Gasteiger partial charge in [-0.25, -0.2) is 0 Å². The lowest BCUT2D eigenvalue weighted by Crippen LogP contribution is -2.09. The summed E-state index contributed by atoms with van der Waals surface area (Å²) in [6.07, 6.45) is 4.49. The highest BCUT2D eigenvalue weighted by Crippen LogP contribution is 2.36. The van der Waals surface area contributed by atoms with E-state index in [1.807, 2.05) is 18.2 Å². The highest BCUT2D eigenvalue weighted by Gasteiger charge is 2.20. The predicted octanol–water partition coefficient (Wildman–Crippen LogP) is 5.12. The number of aromatic nitrogens is 1. The summed E-state index contributed by atoms with van der Waals surface area (Å²) in [5.41, 5.74) is 2.22. The molecule has 0 saturated heterocycles. The lowest BCUT2D eigenvalue weighted by molar-refractivity contribution is 0.0796. The Morgan fingerprint density at radius 3 is 2.32 bits per heavy atom. The van der Waals surface area contributed by atoms with Crippen molar-refractivity contribution in [2.45, 2.75) is 19.4 Å². The van der Waals surface area contributed by atoms with E-state index in [0.29, 0.717) is 0 Å². The molecule has 0 aliphatic rings. The van der Waals surface area contributed by atoms with Crippen LogP contribution in [-0.4, -0.2) is 11.6 Å². The minimum Gasteiger partial charge on any atom is -0.369 e. The van der Waals surface area contributed by atoms with Crippen molar-refractivity contribution in [3.05, 3.63) is 62.8 Å². The van der Waals surface area contributed by atoms with Crippen molar-refractivity contribution in [3.63, 3.8) is 0 Å². The molecule has 4 heteroatoms. The van der Waals surface area contributed by atoms with Crippen LogP contribution in [0.25, 0.3) is 0 Å². The molecule has 0 aliphatic heterocycles. The molecule has 2 rings (SSSR count). The maximum Gasteiger partial charge on any atom is 0.110 e. The first-order chi connectivity index (χ1) is 9.24. The van der Waals surface area contributed by atoms with E-state index in [9.17, 15) is 0 Å². The fraction of sp³-hybridized carbons (Fsp3) is 0.267. The Bertz CT molecular complexity index is 511. The summed E-state index contributed by atoms with van der Waals surface area (Å²) in [5, 5.41) is 0. The number of benzene rings is 1. The monoisotopic (exact) mass is 383 g/mol. The first-order valence-corrected chi connectivity index (χ1v) is 7.78. The van der Waals surface area contributed by atoms with Crippen LogP contribution in [0.3, 0.4) is 0 Å². The molecule has 1 aromatic carbocycles. The molecule has 0 N–H and O–H groups in total. The minimum absolute atomic E-state index is 0.0899. The molecule has 0 aliphatic carbocycles. The number of nitrogens with zero attached hydrogens (tertiary/aromatic N) is 1. The van der Waals surface area contributed by atoms with Crippen molar-refractivity contribution in [1.82, 2.24) is 4.98 Å². The van der Waals surface area contributed by atoms with Gasteiger partial charge in [-0.2, -0.15) is 0 Å². The summed E-state index contributed by atoms with van der Waals surface area (Å²) >= 11 is 7.13. The average molecular weight is 385 g/mol. The fourth-order valence-electron chi connectivity index (χ4n) is 1.88. The number of pyridine rings is 1. The summed E-state index contributed by atoms with van der Waals surface area (Å²) in [7, 11) is 0. The van der Waals surface area contributed by atoms with Gasteiger partial charge in [0.25, 0.3) is 0 Å². The molecule has 1 aromatic heterocycles. The molecule has 1 unspecified atom stereocenters. The molecular formula is C15H15Br2NO. The van der Waals surface area contributed by atoms with Gasteiger partial charge < -0.3 is 4.74 Å². The van der Waals surface area contributed by atoms with E-state index in [0.717, 1.165) is 33.1 Å². The topological polar surface area (TPSA) is 22.1 Å². The summed E-state index contributed by atoms with van der Waals surface area (Å²) in [5.74, 6) is 0. The maximum atomic E-state index is 6.04. The molecule has 0 radical (unpaired) electrons. The van der Waals surface area contributed by atoms with E-state index in [1.165, 1.54) is 0 Å². The molecule has 0 amide bonds. The van der Waals surface area contributed by atoms with E-state index in [4.69, 9.17) is 4.74 Å². The van der Waals surface area contributed by atoms with Crippen LogP contribution in [0.5, 0.6) is 0 Å². The van der Waals surface area contributed by atoms with Crippen molar-refractivity contribution < 1.29 is 4.74 Å². The zero-order valence-electron chi connectivity index (χ0n) is 10.6. The first-order valence-electron chi connectivity index (χ1n) is 6.19. The Morgan fingerprint density at radius 1 is 1.11 bits per heavy atom. The molecule has 0 bridgehead atoms. The molecular weight excluding hydrogens is 370 g/mol. The van der Waals surface area contributed by atoms with Gasteiger partial charge in [0.1, 0.15) is 6.10 Å². The molecule has 0 fully saturated rings. The van der Waals surface area contributed by atoms with E-state index in [-0.39, 0.29) is 6.10 Å². The summed E-state index contributed by atoms with van der Waals surface area (Å²) < 4.78 is 7.94. The zero-order valence-corrected chi connectivity index (χ0v) is 13.8. The Hall–Kier alpha value is -0.710. The molecule has 2 nitrogen and oxygen atoms in total. The van der Waals surface area contributed by atoms with Crippen LogP contribution in [0.15, 0.2) is 51.7 Å². The number of hydrogen-bond donors (Lipinski definition) is 0. The third-order valence-corrected chi connectivity index (χ3v) is 4.01. The van der Waals surface area contributed by atoms with Crippen LogP contribution >= 0.6 is 31.9 Å². The van der Waals surface area contributed by atoms with Gasteiger partial charge >= 0.3 is 0 Å². The molecule has 100 valence electrons. The molecule has 2 aromatic rings. The van der Waals surface area contributed by atoms with Gasteiger partial charge in [0.15, 0.2) is 0 Å². The quantitative estimate of drug-likeness (QED) is 0.713. The van der Waals surface area contributed by atoms with Crippen LogP contribution in [0.4, 0.5) is 0 Å². The van der Waals surface area contributed by atoms with Gasteiger partial charge in [-0.15, -0.1) is 0 Å². The fourth-order valence-corrected chi connectivity index (χ4v) is 3.23. The van der Waals surface area contributed by atoms with Gasteiger partial charge in [0.2, 0.25) is 0 Å². The molecule has 0 saturated carbocycles. The number of rotatable bonds is 5. The molecule has 1 atom stereocenters. The molecule has 1 heterocycles. The molecule has 19 heavy (non-hydrogen) atoms. The molecule has 0 spiro atoms. The Morgan fingerprint density at radius 2 is 1.74 bits per heavy atom. The van der Waals surface area contributed by atoms with Crippen LogP contribution in [0, 0.1) is 0 Å². The van der Waals surface area contributed by atoms with E-state index < -0.39 is 0 Å². The third kappa shape index (κ3) is 3.65. The third-order valence-electron chi connectivity index (χ3n) is 2.74. The van der Waals surface area contributed by atoms with Gasteiger partial charge in [-0.3, -0.25) is 4.98 Å². The highest BCUT2D eigenvalue weighted by atomic mass is 79.9. The number of hydrogen-bond acceptors (Lipinski definition) is 2. The van der Waals surface area contributed by atoms with Crippen molar-refractivity contribution in [2.75, 3.05) is 6.61 Å². The van der Waals surface area contributed by atoms with Crippen molar-refractivity contribution >= 4 is 31.9 Å². The van der Waals surface area contributed by atoms with Gasteiger partial charge in [-0.1, -0.05) is 37.3 Å². The lowest BCUT2D eigenvalue weighted by atomic mass is 10.0. The maximum absolute atomic E-state index is 6.04. The van der Waals surface area contributed by atoms with Crippen molar-refractivity contribution in [3.8, 4) is 0 Å². The average Bonchev–Trinajstić information content (AvgIpc) is 2.43. The van der Waals surface area contributed by atoms with Crippen LogP contribution in [0.1, 0.15) is 30.6 Å². The summed E-state index contributed by atoms with van der Waals surface area (Å²) in [4.78, 5) is 4.15. The Kier molecular flexibility index (Phi) is 5.55. The number of halogens is 2. The largest absolute Gasteiger partial charge is 0.369 e. The summed E-state index contributed by atoms with van der Waals surface area (Å²) in [6.45, 7) is 2.83. The second-order valence-corrected chi connectivity index (χ2v) is 5.89. The normalized spacial score (nSPS) is 12.4. The standard InChI is InChI=1S/C15H15Br2NO/c1-2-8-19-15(11-6-4-3-5-7-11)14-12(16)9-18-10-13(14)17/h3-7,9-10,15H,2,8H2,1H3. The second kappa shape index (κ2) is 7.17. The van der Waals surface area contributed by atoms with Crippen LogP contribution in [-0.2, 0) is 4.74 Å². The van der Waals surface area contributed by atoms with Crippen molar-refractivity contribution in [2.24, 2.45) is 0 Å². The highest BCUT2D eigenvalue weighted by molar-refractivity contribution is 9.11. The Labute approximate surface area is 130 Å². The smallest absolute Gasteiger partial charge is 0.110 e. The van der Waals surface area contributed by atoms with Crippen LogP contribution in [0.2, 0.25) is 0 Å². The Balaban J connectivity index is 2.43. The minimum atomic E-state index is -0.0899. The SMILES string of the molecule is CCCOC(c1ccccc1)c1c(Br)cncc1Br. The van der Waals surface area contributed by atoms with E-state index in [1.54, 1.807) is 12.4 Å². The lowest BCUT2D eigenvalue weighted by Gasteiger charge is -2.21. The number of ether oxygens (including phenoxy) is 1. The van der Waals surface area contributed by atoms with E-state index >= 15 is 0 Å².